The van der Waals surface area contributed by atoms with Crippen LogP contribution in [0.3, 0.4) is 0 Å². The number of anilines is 1. The molecule has 5 heteroatoms. The van der Waals surface area contributed by atoms with Crippen LogP contribution in [0.4, 0.5) is 5.82 Å². The molecule has 0 bridgehead atoms. The highest BCUT2D eigenvalue weighted by atomic mass is 16.5. The molecule has 1 aromatic rings. The highest BCUT2D eigenvalue weighted by molar-refractivity contribution is 5.34. The zero-order valence-corrected chi connectivity index (χ0v) is 11.1. The second-order valence-corrected chi connectivity index (χ2v) is 4.53. The predicted molar refractivity (Wildman–Crippen MR) is 71.8 cm³/mol. The number of ether oxygens (including phenoxy) is 1. The van der Waals surface area contributed by atoms with Gasteiger partial charge in [0.1, 0.15) is 12.1 Å². The van der Waals surface area contributed by atoms with Crippen LogP contribution in [0.5, 0.6) is 0 Å². The first kappa shape index (κ1) is 13.2. The molecule has 0 atom stereocenters. The average molecular weight is 250 g/mol. The van der Waals surface area contributed by atoms with Crippen molar-refractivity contribution < 1.29 is 4.74 Å². The maximum Gasteiger partial charge on any atom is 0.129 e. The molecule has 5 nitrogen and oxygen atoms in total. The Morgan fingerprint density at radius 1 is 1.33 bits per heavy atom. The van der Waals surface area contributed by atoms with Crippen molar-refractivity contribution in [3.8, 4) is 0 Å². The van der Waals surface area contributed by atoms with Crippen molar-refractivity contribution in [3.05, 3.63) is 18.1 Å². The quantitative estimate of drug-likeness (QED) is 0.821. The summed E-state index contributed by atoms with van der Waals surface area (Å²) < 4.78 is 5.32. The molecule has 1 N–H and O–H groups in total. The van der Waals surface area contributed by atoms with E-state index in [1.807, 2.05) is 6.07 Å². The minimum absolute atomic E-state index is 0.855. The van der Waals surface area contributed by atoms with Crippen LogP contribution < -0.4 is 5.32 Å². The number of hydrogen-bond donors (Lipinski definition) is 1. The van der Waals surface area contributed by atoms with E-state index in [0.29, 0.717) is 0 Å². The van der Waals surface area contributed by atoms with Crippen molar-refractivity contribution in [2.75, 3.05) is 44.7 Å². The third kappa shape index (κ3) is 4.23. The van der Waals surface area contributed by atoms with Gasteiger partial charge in [0.2, 0.25) is 0 Å². The minimum atomic E-state index is 0.855. The van der Waals surface area contributed by atoms with Crippen molar-refractivity contribution in [3.63, 3.8) is 0 Å². The first-order valence-corrected chi connectivity index (χ1v) is 6.73. The Morgan fingerprint density at radius 2 is 2.17 bits per heavy atom. The number of rotatable bonds is 6. The molecule has 0 unspecified atom stereocenters. The summed E-state index contributed by atoms with van der Waals surface area (Å²) in [5.41, 5.74) is 1.11. The lowest BCUT2D eigenvalue weighted by atomic mass is 10.2. The van der Waals surface area contributed by atoms with Crippen LogP contribution in [0.25, 0.3) is 0 Å². The van der Waals surface area contributed by atoms with Gasteiger partial charge in [-0.1, -0.05) is 13.3 Å². The van der Waals surface area contributed by atoms with Crippen molar-refractivity contribution in [1.82, 2.24) is 14.9 Å². The molecule has 1 saturated heterocycles. The number of morpholine rings is 1. The van der Waals surface area contributed by atoms with E-state index in [9.17, 15) is 0 Å². The fourth-order valence-corrected chi connectivity index (χ4v) is 2.05. The fourth-order valence-electron chi connectivity index (χ4n) is 2.05. The fraction of sp³-hybridized carbons (Fsp3) is 0.692. The van der Waals surface area contributed by atoms with Gasteiger partial charge in [-0.05, 0) is 6.42 Å². The van der Waals surface area contributed by atoms with Gasteiger partial charge in [0.05, 0.1) is 13.2 Å². The topological polar surface area (TPSA) is 50.3 Å². The van der Waals surface area contributed by atoms with Gasteiger partial charge >= 0.3 is 0 Å². The molecule has 0 aromatic carbocycles. The Morgan fingerprint density at radius 3 is 2.94 bits per heavy atom. The van der Waals surface area contributed by atoms with Crippen LogP contribution in [0.1, 0.15) is 19.0 Å². The number of aromatic nitrogens is 2. The number of nitrogens with zero attached hydrogens (tertiary/aromatic N) is 3. The van der Waals surface area contributed by atoms with E-state index in [-0.39, 0.29) is 0 Å². The lowest BCUT2D eigenvalue weighted by molar-refractivity contribution is 0.0398. The van der Waals surface area contributed by atoms with Crippen LogP contribution in [0.2, 0.25) is 0 Å². The summed E-state index contributed by atoms with van der Waals surface area (Å²) in [5, 5.41) is 3.36. The van der Waals surface area contributed by atoms with E-state index < -0.39 is 0 Å². The molecule has 1 aliphatic heterocycles. The van der Waals surface area contributed by atoms with Gasteiger partial charge in [-0.25, -0.2) is 9.97 Å². The molecule has 18 heavy (non-hydrogen) atoms. The summed E-state index contributed by atoms with van der Waals surface area (Å²) >= 11 is 0. The monoisotopic (exact) mass is 250 g/mol. The lowest BCUT2D eigenvalue weighted by Crippen LogP contribution is -2.39. The largest absolute Gasteiger partial charge is 0.379 e. The van der Waals surface area contributed by atoms with E-state index in [0.717, 1.165) is 63.7 Å². The zero-order valence-electron chi connectivity index (χ0n) is 11.1. The smallest absolute Gasteiger partial charge is 0.129 e. The molecule has 1 fully saturated rings. The number of aryl methyl sites for hydroxylation is 1. The van der Waals surface area contributed by atoms with E-state index >= 15 is 0 Å². The van der Waals surface area contributed by atoms with Crippen LogP contribution in [0.15, 0.2) is 12.4 Å². The van der Waals surface area contributed by atoms with E-state index in [2.05, 4.69) is 27.1 Å². The molecule has 1 aromatic heterocycles. The SMILES string of the molecule is CCCc1cc(NCCN2CCOCC2)ncn1. The Hall–Kier alpha value is -1.20. The van der Waals surface area contributed by atoms with Gasteiger partial charge in [-0.2, -0.15) is 0 Å². The van der Waals surface area contributed by atoms with Gasteiger partial charge in [-0.15, -0.1) is 0 Å². The number of nitrogens with one attached hydrogen (secondary N) is 1. The van der Waals surface area contributed by atoms with E-state index in [1.165, 1.54) is 0 Å². The molecule has 0 spiro atoms. The van der Waals surface area contributed by atoms with Gasteiger partial charge in [0.15, 0.2) is 0 Å². The average Bonchev–Trinajstić information content (AvgIpc) is 2.41. The maximum absolute atomic E-state index is 5.32. The molecule has 2 heterocycles. The normalized spacial score (nSPS) is 16.7. The van der Waals surface area contributed by atoms with Gasteiger partial charge < -0.3 is 10.1 Å². The van der Waals surface area contributed by atoms with Crippen molar-refractivity contribution >= 4 is 5.82 Å². The molecule has 0 aliphatic carbocycles. The predicted octanol–water partition coefficient (Wildman–Crippen LogP) is 1.17. The standard InChI is InChI=1S/C13H22N4O/c1-2-3-12-10-13(16-11-15-12)14-4-5-17-6-8-18-9-7-17/h10-11H,2-9H2,1H3,(H,14,15,16). The third-order valence-electron chi connectivity index (χ3n) is 3.07. The van der Waals surface area contributed by atoms with E-state index in [4.69, 9.17) is 4.74 Å². The first-order chi connectivity index (χ1) is 8.88. The molecule has 0 amide bonds. The molecular formula is C13H22N4O. The third-order valence-corrected chi connectivity index (χ3v) is 3.07. The first-order valence-electron chi connectivity index (χ1n) is 6.73. The summed E-state index contributed by atoms with van der Waals surface area (Å²) in [6.07, 6.45) is 3.77. The van der Waals surface area contributed by atoms with Gasteiger partial charge in [0.25, 0.3) is 0 Å². The second kappa shape index (κ2) is 7.28. The summed E-state index contributed by atoms with van der Waals surface area (Å²) in [5.74, 6) is 0.932. The Bertz CT molecular complexity index is 353. The van der Waals surface area contributed by atoms with E-state index in [1.54, 1.807) is 6.33 Å². The summed E-state index contributed by atoms with van der Waals surface area (Å²) in [6.45, 7) is 7.90. The minimum Gasteiger partial charge on any atom is -0.379 e. The highest BCUT2D eigenvalue weighted by Crippen LogP contribution is 2.05. The lowest BCUT2D eigenvalue weighted by Gasteiger charge is -2.26. The summed E-state index contributed by atoms with van der Waals surface area (Å²) in [4.78, 5) is 10.9. The summed E-state index contributed by atoms with van der Waals surface area (Å²) in [6, 6.07) is 2.04. The number of hydrogen-bond acceptors (Lipinski definition) is 5. The van der Waals surface area contributed by atoms with Gasteiger partial charge in [-0.3, -0.25) is 4.90 Å². The molecule has 1 aliphatic rings. The summed E-state index contributed by atoms with van der Waals surface area (Å²) in [7, 11) is 0. The molecular weight excluding hydrogens is 228 g/mol. The van der Waals surface area contributed by atoms with Crippen LogP contribution in [0, 0.1) is 0 Å². The second-order valence-electron chi connectivity index (χ2n) is 4.53. The Balaban J connectivity index is 1.73. The van der Waals surface area contributed by atoms with Crippen molar-refractivity contribution in [2.24, 2.45) is 0 Å². The Kier molecular flexibility index (Phi) is 5.36. The highest BCUT2D eigenvalue weighted by Gasteiger charge is 2.09. The molecule has 2 rings (SSSR count). The van der Waals surface area contributed by atoms with Crippen molar-refractivity contribution in [2.45, 2.75) is 19.8 Å². The van der Waals surface area contributed by atoms with Crippen molar-refractivity contribution in [1.29, 1.82) is 0 Å². The maximum atomic E-state index is 5.32. The molecule has 0 saturated carbocycles. The van der Waals surface area contributed by atoms with Gasteiger partial charge in [0, 0.05) is 37.9 Å². The molecule has 100 valence electrons. The van der Waals surface area contributed by atoms with Crippen LogP contribution in [-0.4, -0.2) is 54.3 Å². The Labute approximate surface area is 109 Å². The zero-order chi connectivity index (χ0) is 12.6. The van der Waals surface area contributed by atoms with Crippen LogP contribution in [-0.2, 0) is 11.2 Å². The van der Waals surface area contributed by atoms with Crippen LogP contribution >= 0.6 is 0 Å². The molecule has 0 radical (unpaired) electrons.